The van der Waals surface area contributed by atoms with E-state index in [1.165, 1.54) is 45.4 Å². The van der Waals surface area contributed by atoms with Crippen LogP contribution in [0, 0.1) is 0 Å². The minimum atomic E-state index is -1.23. The molecule has 0 N–H and O–H groups in total. The van der Waals surface area contributed by atoms with Crippen LogP contribution < -0.4 is 0 Å². The second-order valence-electron chi connectivity index (χ2n) is 7.23. The van der Waals surface area contributed by atoms with Crippen molar-refractivity contribution in [2.45, 2.75) is 110 Å². The Morgan fingerprint density at radius 2 is 1.14 bits per heavy atom. The van der Waals surface area contributed by atoms with Crippen LogP contribution in [0.1, 0.15) is 104 Å². The summed E-state index contributed by atoms with van der Waals surface area (Å²) in [5, 5.41) is 0. The van der Waals surface area contributed by atoms with Gasteiger partial charge in [0.05, 0.1) is 19.6 Å². The molecule has 1 unspecified atom stereocenters. The number of esters is 3. The van der Waals surface area contributed by atoms with Crippen LogP contribution in [-0.4, -0.2) is 37.2 Å². The molecule has 0 aliphatic heterocycles. The summed E-state index contributed by atoms with van der Waals surface area (Å²) in [7, 11) is 0. The van der Waals surface area contributed by atoms with Crippen LogP contribution in [0.5, 0.6) is 0 Å². The van der Waals surface area contributed by atoms with Gasteiger partial charge in [0.15, 0.2) is 0 Å². The lowest BCUT2D eigenvalue weighted by Gasteiger charge is -2.15. The monoisotopic (exact) mass is 400 g/mol. The topological polar surface area (TPSA) is 78.9 Å². The van der Waals surface area contributed by atoms with Gasteiger partial charge < -0.3 is 14.2 Å². The average Bonchev–Trinajstić information content (AvgIpc) is 2.65. The molecule has 0 fully saturated rings. The van der Waals surface area contributed by atoms with Gasteiger partial charge in [0.2, 0.25) is 6.10 Å². The highest BCUT2D eigenvalue weighted by atomic mass is 16.6. The highest BCUT2D eigenvalue weighted by Crippen LogP contribution is 2.09. The van der Waals surface area contributed by atoms with Gasteiger partial charge in [0, 0.05) is 6.92 Å². The van der Waals surface area contributed by atoms with Crippen LogP contribution in [0.4, 0.5) is 0 Å². The molecule has 0 amide bonds. The smallest absolute Gasteiger partial charge is 0.348 e. The van der Waals surface area contributed by atoms with E-state index in [1.807, 2.05) is 0 Å². The fraction of sp³-hybridized carbons (Fsp3) is 0.864. The first-order valence-corrected chi connectivity index (χ1v) is 11.0. The van der Waals surface area contributed by atoms with Crippen LogP contribution in [0.2, 0.25) is 0 Å². The third-order valence-electron chi connectivity index (χ3n) is 4.43. The Balaban J connectivity index is 4.04. The zero-order valence-electron chi connectivity index (χ0n) is 18.1. The molecule has 0 heterocycles. The van der Waals surface area contributed by atoms with Gasteiger partial charge in [-0.3, -0.25) is 9.59 Å². The van der Waals surface area contributed by atoms with E-state index in [-0.39, 0.29) is 13.0 Å². The van der Waals surface area contributed by atoms with Crippen LogP contribution in [0.15, 0.2) is 0 Å². The maximum Gasteiger partial charge on any atom is 0.348 e. The third-order valence-corrected chi connectivity index (χ3v) is 4.43. The summed E-state index contributed by atoms with van der Waals surface area (Å²) in [5.41, 5.74) is 0. The first-order valence-electron chi connectivity index (χ1n) is 11.0. The average molecular weight is 401 g/mol. The van der Waals surface area contributed by atoms with Crippen LogP contribution in [-0.2, 0) is 28.6 Å². The lowest BCUT2D eigenvalue weighted by Crippen LogP contribution is -2.31. The van der Waals surface area contributed by atoms with Crippen molar-refractivity contribution in [2.75, 3.05) is 13.2 Å². The maximum absolute atomic E-state index is 12.1. The van der Waals surface area contributed by atoms with Crippen molar-refractivity contribution < 1.29 is 28.6 Å². The second kappa shape index (κ2) is 18.8. The molecule has 0 aliphatic rings. The van der Waals surface area contributed by atoms with Gasteiger partial charge in [-0.1, -0.05) is 78.1 Å². The lowest BCUT2D eigenvalue weighted by molar-refractivity contribution is -0.171. The predicted octanol–water partition coefficient (Wildman–Crippen LogP) is 5.12. The fourth-order valence-corrected chi connectivity index (χ4v) is 2.80. The molecule has 0 rings (SSSR count). The normalized spacial score (nSPS) is 11.7. The quantitative estimate of drug-likeness (QED) is 0.181. The number of rotatable bonds is 18. The van der Waals surface area contributed by atoms with Crippen LogP contribution in [0.25, 0.3) is 0 Å². The Hall–Kier alpha value is -1.59. The predicted molar refractivity (Wildman–Crippen MR) is 109 cm³/mol. The van der Waals surface area contributed by atoms with Crippen molar-refractivity contribution in [3.05, 3.63) is 0 Å². The molecule has 0 aromatic carbocycles. The molecule has 164 valence electrons. The Kier molecular flexibility index (Phi) is 17.7. The fourth-order valence-electron chi connectivity index (χ4n) is 2.80. The van der Waals surface area contributed by atoms with Crippen molar-refractivity contribution in [3.8, 4) is 0 Å². The van der Waals surface area contributed by atoms with Gasteiger partial charge in [-0.05, 0) is 12.8 Å². The summed E-state index contributed by atoms with van der Waals surface area (Å²) in [5.74, 6) is -1.85. The van der Waals surface area contributed by atoms with E-state index >= 15 is 0 Å². The minimum absolute atomic E-state index is 0.273. The lowest BCUT2D eigenvalue weighted by atomic mass is 10.1. The van der Waals surface area contributed by atoms with Gasteiger partial charge in [-0.25, -0.2) is 4.79 Å². The molecule has 0 saturated heterocycles. The summed E-state index contributed by atoms with van der Waals surface area (Å²) in [6, 6.07) is 0. The zero-order valence-corrected chi connectivity index (χ0v) is 18.1. The highest BCUT2D eigenvalue weighted by Gasteiger charge is 2.27. The van der Waals surface area contributed by atoms with Crippen molar-refractivity contribution in [3.63, 3.8) is 0 Å². The van der Waals surface area contributed by atoms with E-state index in [0.29, 0.717) is 6.61 Å². The van der Waals surface area contributed by atoms with E-state index < -0.39 is 24.0 Å². The number of ether oxygens (including phenoxy) is 3. The Bertz CT molecular complexity index is 421. The molecule has 0 radical (unpaired) electrons. The standard InChI is InChI=1S/C22H40O6/c1-4-6-8-10-12-14-16-26-21(24)18-20(28-19(3)23)22(25)27-17-15-13-11-9-7-5-2/h20H,4-18H2,1-3H3. The van der Waals surface area contributed by atoms with E-state index in [9.17, 15) is 14.4 Å². The first-order chi connectivity index (χ1) is 13.5. The van der Waals surface area contributed by atoms with Crippen molar-refractivity contribution >= 4 is 17.9 Å². The van der Waals surface area contributed by atoms with Crippen molar-refractivity contribution in [1.82, 2.24) is 0 Å². The van der Waals surface area contributed by atoms with E-state index in [2.05, 4.69) is 13.8 Å². The van der Waals surface area contributed by atoms with Crippen LogP contribution in [0.3, 0.4) is 0 Å². The number of unbranched alkanes of at least 4 members (excludes halogenated alkanes) is 10. The third kappa shape index (κ3) is 16.6. The van der Waals surface area contributed by atoms with E-state index in [1.54, 1.807) is 0 Å². The second-order valence-corrected chi connectivity index (χ2v) is 7.23. The zero-order chi connectivity index (χ0) is 21.0. The highest BCUT2D eigenvalue weighted by molar-refractivity contribution is 5.84. The number of carbonyl (C=O) groups is 3. The van der Waals surface area contributed by atoms with E-state index in [0.717, 1.165) is 38.5 Å². The summed E-state index contributed by atoms with van der Waals surface area (Å²) in [4.78, 5) is 35.3. The molecule has 1 atom stereocenters. The summed E-state index contributed by atoms with van der Waals surface area (Å²) in [6.45, 7) is 6.13. The minimum Gasteiger partial charge on any atom is -0.466 e. The molecular formula is C22H40O6. The van der Waals surface area contributed by atoms with Gasteiger partial charge in [-0.15, -0.1) is 0 Å². The SMILES string of the molecule is CCCCCCCCOC(=O)CC(OC(C)=O)C(=O)OCCCCCCCC. The van der Waals surface area contributed by atoms with Gasteiger partial charge in [-0.2, -0.15) is 0 Å². The van der Waals surface area contributed by atoms with Gasteiger partial charge in [0.25, 0.3) is 0 Å². The Labute approximate surface area is 170 Å². The van der Waals surface area contributed by atoms with E-state index in [4.69, 9.17) is 14.2 Å². The number of hydrogen-bond donors (Lipinski definition) is 0. The molecule has 0 saturated carbocycles. The number of hydrogen-bond acceptors (Lipinski definition) is 6. The molecule has 6 heteroatoms. The van der Waals surface area contributed by atoms with Crippen molar-refractivity contribution in [2.24, 2.45) is 0 Å². The molecule has 0 aliphatic carbocycles. The molecule has 0 aromatic heterocycles. The first kappa shape index (κ1) is 26.4. The summed E-state index contributed by atoms with van der Waals surface area (Å²) < 4.78 is 15.3. The molecule has 28 heavy (non-hydrogen) atoms. The van der Waals surface area contributed by atoms with Crippen LogP contribution >= 0.6 is 0 Å². The molecular weight excluding hydrogens is 360 g/mol. The molecule has 0 aromatic rings. The van der Waals surface area contributed by atoms with Gasteiger partial charge in [0.1, 0.15) is 0 Å². The Morgan fingerprint density at radius 3 is 1.64 bits per heavy atom. The molecule has 0 spiro atoms. The molecule has 0 bridgehead atoms. The Morgan fingerprint density at radius 1 is 0.679 bits per heavy atom. The van der Waals surface area contributed by atoms with Crippen molar-refractivity contribution in [1.29, 1.82) is 0 Å². The van der Waals surface area contributed by atoms with Gasteiger partial charge >= 0.3 is 17.9 Å². The maximum atomic E-state index is 12.1. The summed E-state index contributed by atoms with van der Waals surface area (Å²) >= 11 is 0. The summed E-state index contributed by atoms with van der Waals surface area (Å²) in [6.07, 6.45) is 11.5. The largest absolute Gasteiger partial charge is 0.466 e. The molecule has 6 nitrogen and oxygen atoms in total. The number of carbonyl (C=O) groups excluding carboxylic acids is 3.